The Kier molecular flexibility index (Phi) is 7.44. The monoisotopic (exact) mass is 553 g/mol. The van der Waals surface area contributed by atoms with Crippen LogP contribution < -0.4 is 4.90 Å². The Morgan fingerprint density at radius 3 is 2.73 bits per heavy atom. The van der Waals surface area contributed by atoms with Crippen molar-refractivity contribution in [3.05, 3.63) is 53.3 Å². The minimum absolute atomic E-state index is 0.0110. The summed E-state index contributed by atoms with van der Waals surface area (Å²) < 4.78 is 46.7. The highest BCUT2D eigenvalue weighted by Crippen LogP contribution is 2.36. The molecule has 1 amide bonds. The second-order valence-electron chi connectivity index (χ2n) is 11.0. The summed E-state index contributed by atoms with van der Waals surface area (Å²) in [6, 6.07) is 11.1. The maximum atomic E-state index is 15.5. The van der Waals surface area contributed by atoms with Crippen molar-refractivity contribution in [3.63, 3.8) is 0 Å². The molecule has 0 radical (unpaired) electrons. The Labute approximate surface area is 231 Å². The molecule has 6 rings (SSSR count). The molecule has 0 bridgehead atoms. The number of rotatable bonds is 7. The number of halogens is 2. The van der Waals surface area contributed by atoms with E-state index in [1.165, 1.54) is 17.6 Å². The number of likely N-dealkylation sites (tertiary alicyclic amines) is 1. The first-order chi connectivity index (χ1) is 19.4. The van der Waals surface area contributed by atoms with Crippen LogP contribution in [0.25, 0.3) is 11.1 Å². The summed E-state index contributed by atoms with van der Waals surface area (Å²) in [6.07, 6.45) is 2.44. The van der Waals surface area contributed by atoms with E-state index in [1.807, 2.05) is 23.1 Å². The fraction of sp³-hybridized carbons (Fsp3) is 0.500. The van der Waals surface area contributed by atoms with Gasteiger partial charge < -0.3 is 18.8 Å². The van der Waals surface area contributed by atoms with E-state index >= 15 is 4.39 Å². The van der Waals surface area contributed by atoms with Gasteiger partial charge in [0.2, 0.25) is 5.91 Å². The van der Waals surface area contributed by atoms with Crippen molar-refractivity contribution in [1.82, 2.24) is 9.88 Å². The number of methoxy groups -OCH3 is 1. The van der Waals surface area contributed by atoms with Crippen LogP contribution in [0.15, 0.2) is 40.8 Å². The van der Waals surface area contributed by atoms with Gasteiger partial charge in [-0.15, -0.1) is 0 Å². The molecule has 0 unspecified atom stereocenters. The Morgan fingerprint density at radius 1 is 1.12 bits per heavy atom. The molecule has 212 valence electrons. The molecule has 3 aromatic rings. The van der Waals surface area contributed by atoms with Crippen molar-refractivity contribution in [2.45, 2.75) is 63.3 Å². The van der Waals surface area contributed by atoms with Crippen LogP contribution in [0.4, 0.5) is 20.5 Å². The van der Waals surface area contributed by atoms with Crippen LogP contribution in [0, 0.1) is 11.7 Å². The zero-order chi connectivity index (χ0) is 27.8. The molecule has 1 aromatic heterocycles. The molecule has 8 nitrogen and oxygen atoms in total. The fourth-order valence-electron chi connectivity index (χ4n) is 6.24. The van der Waals surface area contributed by atoms with E-state index in [2.05, 4.69) is 11.1 Å². The number of para-hydroxylation sites is 1. The second kappa shape index (κ2) is 11.2. The number of anilines is 2. The van der Waals surface area contributed by atoms with Crippen molar-refractivity contribution >= 4 is 34.7 Å². The summed E-state index contributed by atoms with van der Waals surface area (Å²) in [5.41, 5.74) is 2.75. The molecule has 2 aromatic carbocycles. The van der Waals surface area contributed by atoms with Crippen LogP contribution >= 0.6 is 0 Å². The molecule has 2 fully saturated rings. The van der Waals surface area contributed by atoms with Gasteiger partial charge in [-0.1, -0.05) is 24.3 Å². The van der Waals surface area contributed by atoms with Crippen LogP contribution in [0.2, 0.25) is 0 Å². The number of fused-ring (bicyclic) bond motifs is 2. The van der Waals surface area contributed by atoms with Crippen molar-refractivity contribution in [3.8, 4) is 0 Å². The largest absolute Gasteiger partial charge is 0.469 e. The van der Waals surface area contributed by atoms with Gasteiger partial charge in [0.1, 0.15) is 11.7 Å². The summed E-state index contributed by atoms with van der Waals surface area (Å²) in [5.74, 6) is -1.28. The van der Waals surface area contributed by atoms with Crippen molar-refractivity contribution in [2.24, 2.45) is 5.92 Å². The number of carbonyl (C=O) groups is 2. The van der Waals surface area contributed by atoms with Gasteiger partial charge in [0.15, 0.2) is 11.4 Å². The first-order valence-electron chi connectivity index (χ1n) is 14.0. The summed E-state index contributed by atoms with van der Waals surface area (Å²) in [5, 5.41) is 0. The summed E-state index contributed by atoms with van der Waals surface area (Å²) in [7, 11) is 1.39. The van der Waals surface area contributed by atoms with Crippen LogP contribution in [-0.4, -0.2) is 66.9 Å². The molecule has 40 heavy (non-hydrogen) atoms. The molecule has 2 aliphatic heterocycles. The summed E-state index contributed by atoms with van der Waals surface area (Å²) in [4.78, 5) is 32.9. The summed E-state index contributed by atoms with van der Waals surface area (Å²) in [6.45, 7) is 0.866. The average molecular weight is 554 g/mol. The number of carbonyl (C=O) groups excluding carboxylic acids is 2. The maximum Gasteiger partial charge on any atom is 0.308 e. The molecule has 0 spiro atoms. The zero-order valence-corrected chi connectivity index (χ0v) is 22.5. The number of alkyl halides is 1. The van der Waals surface area contributed by atoms with Crippen LogP contribution in [0.5, 0.6) is 0 Å². The zero-order valence-electron chi connectivity index (χ0n) is 22.5. The number of hydrogen-bond donors (Lipinski definition) is 0. The van der Waals surface area contributed by atoms with Gasteiger partial charge in [-0.3, -0.25) is 14.5 Å². The predicted molar refractivity (Wildman–Crippen MR) is 144 cm³/mol. The van der Waals surface area contributed by atoms with Gasteiger partial charge in [0, 0.05) is 24.2 Å². The van der Waals surface area contributed by atoms with Gasteiger partial charge in [0.25, 0.3) is 0 Å². The Morgan fingerprint density at radius 2 is 1.93 bits per heavy atom. The van der Waals surface area contributed by atoms with Gasteiger partial charge >= 0.3 is 12.0 Å². The molecule has 2 atom stereocenters. The van der Waals surface area contributed by atoms with Crippen molar-refractivity contribution in [1.29, 1.82) is 0 Å². The quantitative estimate of drug-likeness (QED) is 0.385. The molecule has 0 N–H and O–H groups in total. The molecular weight excluding hydrogens is 520 g/mol. The van der Waals surface area contributed by atoms with E-state index in [1.54, 1.807) is 12.1 Å². The van der Waals surface area contributed by atoms with Crippen molar-refractivity contribution in [2.75, 3.05) is 31.7 Å². The first-order valence-corrected chi connectivity index (χ1v) is 14.0. The smallest absolute Gasteiger partial charge is 0.308 e. The lowest BCUT2D eigenvalue weighted by molar-refractivity contribution is -0.148. The van der Waals surface area contributed by atoms with Crippen LogP contribution in [0.1, 0.15) is 43.2 Å². The molecule has 1 saturated heterocycles. The average Bonchev–Trinajstić information content (AvgIpc) is 3.69. The standard InChI is InChI=1S/C30H33F2N3O5/c1-38-29(37)19-6-9-23(10-7-19)39-17-22-15-21(31)16-35(22)26(36)14-20-8-11-24-28(27(20)32)40-30(33-24)34-13-12-18-4-2-3-5-25(18)34/h2-5,8,11,19,21-23H,6-7,9-10,12-17H2,1H3/t19-,21-,22-,23-/m0/s1. The number of ether oxygens (including phenoxy) is 2. The number of esters is 1. The summed E-state index contributed by atoms with van der Waals surface area (Å²) >= 11 is 0. The Bertz CT molecular complexity index is 1400. The number of benzene rings is 2. The molecular formula is C30H33F2N3O5. The SMILES string of the molecule is COC(=O)[C@H]1CC[C@H](OC[C@@H]2C[C@H](F)CN2C(=O)Cc2ccc3nc(N4CCc5ccccc54)oc3c2F)CC1. The number of oxazole rings is 1. The lowest BCUT2D eigenvalue weighted by atomic mass is 9.87. The normalized spacial score (nSPS) is 24.5. The highest BCUT2D eigenvalue weighted by molar-refractivity contribution is 5.83. The van der Waals surface area contributed by atoms with Gasteiger partial charge in [0.05, 0.1) is 44.7 Å². The molecule has 10 heteroatoms. The lowest BCUT2D eigenvalue weighted by Crippen LogP contribution is -2.40. The van der Waals surface area contributed by atoms with E-state index in [4.69, 9.17) is 13.9 Å². The minimum Gasteiger partial charge on any atom is -0.469 e. The number of aromatic nitrogens is 1. The van der Waals surface area contributed by atoms with E-state index in [-0.39, 0.29) is 61.0 Å². The Balaban J connectivity index is 1.11. The predicted octanol–water partition coefficient (Wildman–Crippen LogP) is 4.89. The van der Waals surface area contributed by atoms with Gasteiger partial charge in [-0.2, -0.15) is 4.98 Å². The third kappa shape index (κ3) is 5.16. The van der Waals surface area contributed by atoms with E-state index in [9.17, 15) is 14.0 Å². The van der Waals surface area contributed by atoms with E-state index in [0.29, 0.717) is 43.8 Å². The minimum atomic E-state index is -1.15. The highest BCUT2D eigenvalue weighted by Gasteiger charge is 2.37. The van der Waals surface area contributed by atoms with Crippen LogP contribution in [0.3, 0.4) is 0 Å². The Hall–Kier alpha value is -3.53. The van der Waals surface area contributed by atoms with Crippen LogP contribution in [-0.2, 0) is 31.9 Å². The molecule has 1 saturated carbocycles. The van der Waals surface area contributed by atoms with E-state index in [0.717, 1.165) is 12.1 Å². The topological polar surface area (TPSA) is 85.1 Å². The van der Waals surface area contributed by atoms with E-state index < -0.39 is 18.0 Å². The van der Waals surface area contributed by atoms with Gasteiger partial charge in [-0.25, -0.2) is 8.78 Å². The van der Waals surface area contributed by atoms with Gasteiger partial charge in [-0.05, 0) is 49.8 Å². The number of amides is 1. The fourth-order valence-corrected chi connectivity index (χ4v) is 6.24. The first kappa shape index (κ1) is 26.7. The third-order valence-corrected chi connectivity index (χ3v) is 8.44. The molecule has 3 aliphatic rings. The third-order valence-electron chi connectivity index (χ3n) is 8.44. The second-order valence-corrected chi connectivity index (χ2v) is 11.0. The number of nitrogens with zero attached hydrogens (tertiary/aromatic N) is 3. The highest BCUT2D eigenvalue weighted by atomic mass is 19.1. The number of hydrogen-bond acceptors (Lipinski definition) is 7. The molecule has 3 heterocycles. The van der Waals surface area contributed by atoms with Crippen molar-refractivity contribution < 1.29 is 32.3 Å². The lowest BCUT2D eigenvalue weighted by Gasteiger charge is -2.30. The molecule has 1 aliphatic carbocycles. The maximum absolute atomic E-state index is 15.5.